The van der Waals surface area contributed by atoms with Gasteiger partial charge in [-0.15, -0.1) is 11.8 Å². The predicted molar refractivity (Wildman–Crippen MR) is 134 cm³/mol. The Morgan fingerprint density at radius 2 is 1.91 bits per heavy atom. The summed E-state index contributed by atoms with van der Waals surface area (Å²) in [6.45, 7) is 0.133. The number of para-hydroxylation sites is 1. The molecule has 7 rings (SSSR count). The first-order chi connectivity index (χ1) is 17.1. The van der Waals surface area contributed by atoms with Crippen LogP contribution in [0.4, 0.5) is 5.69 Å². The van der Waals surface area contributed by atoms with E-state index in [1.54, 1.807) is 30.0 Å². The standard InChI is InChI=1S/C27H21ClN2O4S/c28-17-5-3-4-15(10-17)23-20-12-35-13-30(20)27(18-6-1-2-7-19(18)29-26(27)32)24(23)25(31)16-8-9-21-22(11-16)34-14-33-21/h1-11,20,23-24H,12-14H2,(H,29,32)/t20-,23+,24-,27+/m0/s1. The highest BCUT2D eigenvalue weighted by molar-refractivity contribution is 7.99. The number of Topliss-reactive ketones (excluding diaryl/α,β-unsaturated/α-hetero) is 1. The zero-order valence-corrected chi connectivity index (χ0v) is 20.1. The summed E-state index contributed by atoms with van der Waals surface area (Å²) in [4.78, 5) is 30.8. The van der Waals surface area contributed by atoms with Gasteiger partial charge in [0.1, 0.15) is 5.54 Å². The number of hydrogen-bond acceptors (Lipinski definition) is 6. The third-order valence-corrected chi connectivity index (χ3v) is 8.97. The van der Waals surface area contributed by atoms with E-state index in [4.69, 9.17) is 21.1 Å². The van der Waals surface area contributed by atoms with Crippen molar-refractivity contribution in [3.05, 3.63) is 88.4 Å². The molecule has 1 spiro atoms. The van der Waals surface area contributed by atoms with Crippen molar-refractivity contribution in [3.63, 3.8) is 0 Å². The molecule has 4 atom stereocenters. The van der Waals surface area contributed by atoms with E-state index >= 15 is 0 Å². The molecule has 2 fully saturated rings. The van der Waals surface area contributed by atoms with E-state index in [9.17, 15) is 9.59 Å². The molecule has 0 aliphatic carbocycles. The van der Waals surface area contributed by atoms with Gasteiger partial charge in [-0.1, -0.05) is 41.9 Å². The quantitative estimate of drug-likeness (QED) is 0.512. The molecular formula is C27H21ClN2O4S. The number of rotatable bonds is 3. The summed E-state index contributed by atoms with van der Waals surface area (Å²) in [5.41, 5.74) is 2.01. The Kier molecular flexibility index (Phi) is 4.72. The molecule has 4 aliphatic heterocycles. The lowest BCUT2D eigenvalue weighted by Gasteiger charge is -2.36. The van der Waals surface area contributed by atoms with Crippen molar-refractivity contribution in [2.75, 3.05) is 23.7 Å². The van der Waals surface area contributed by atoms with E-state index in [0.717, 1.165) is 22.6 Å². The highest BCUT2D eigenvalue weighted by Gasteiger charge is 2.69. The smallest absolute Gasteiger partial charge is 0.250 e. The summed E-state index contributed by atoms with van der Waals surface area (Å²) < 4.78 is 11.0. The number of hydrogen-bond donors (Lipinski definition) is 1. The minimum Gasteiger partial charge on any atom is -0.454 e. The van der Waals surface area contributed by atoms with Crippen LogP contribution >= 0.6 is 23.4 Å². The van der Waals surface area contributed by atoms with E-state index in [1.165, 1.54) is 0 Å². The first-order valence-electron chi connectivity index (χ1n) is 11.5. The van der Waals surface area contributed by atoms with Crippen LogP contribution in [0.2, 0.25) is 5.02 Å². The van der Waals surface area contributed by atoms with Gasteiger partial charge in [0.25, 0.3) is 0 Å². The van der Waals surface area contributed by atoms with Gasteiger partial charge < -0.3 is 14.8 Å². The number of carbonyl (C=O) groups excluding carboxylic acids is 2. The fourth-order valence-corrected chi connectivity index (χ4v) is 7.87. The van der Waals surface area contributed by atoms with Crippen molar-refractivity contribution >= 4 is 40.7 Å². The fourth-order valence-electron chi connectivity index (χ4n) is 6.35. The SMILES string of the molecule is O=C(c1ccc2c(c1)OCO2)[C@@H]1[C@H](c2cccc(Cl)c2)[C@@H]2CSCN2[C@@]12C(=O)Nc1ccccc12. The minimum absolute atomic E-state index is 0.0123. The second kappa shape index (κ2) is 7.75. The van der Waals surface area contributed by atoms with Crippen molar-refractivity contribution in [1.82, 2.24) is 4.90 Å². The number of carbonyl (C=O) groups is 2. The average Bonchev–Trinajstić information content (AvgIpc) is 3.62. The van der Waals surface area contributed by atoms with Crippen molar-refractivity contribution < 1.29 is 19.1 Å². The Morgan fingerprint density at radius 3 is 2.80 bits per heavy atom. The van der Waals surface area contributed by atoms with Crippen LogP contribution in [0.15, 0.2) is 66.7 Å². The minimum atomic E-state index is -1.11. The van der Waals surface area contributed by atoms with Crippen molar-refractivity contribution in [3.8, 4) is 11.5 Å². The van der Waals surface area contributed by atoms with Crippen molar-refractivity contribution in [2.45, 2.75) is 17.5 Å². The Bertz CT molecular complexity index is 1400. The number of nitrogens with one attached hydrogen (secondary N) is 1. The number of ether oxygens (including phenoxy) is 2. The van der Waals surface area contributed by atoms with Gasteiger partial charge >= 0.3 is 0 Å². The van der Waals surface area contributed by atoms with Crippen LogP contribution in [-0.4, -0.2) is 41.1 Å². The molecule has 35 heavy (non-hydrogen) atoms. The number of thioether (sulfide) groups is 1. The summed E-state index contributed by atoms with van der Waals surface area (Å²) in [5, 5.41) is 3.71. The first-order valence-corrected chi connectivity index (χ1v) is 13.1. The molecule has 176 valence electrons. The number of benzene rings is 3. The largest absolute Gasteiger partial charge is 0.454 e. The average molecular weight is 505 g/mol. The summed E-state index contributed by atoms with van der Waals surface area (Å²) in [7, 11) is 0. The van der Waals surface area contributed by atoms with Crippen LogP contribution < -0.4 is 14.8 Å². The third-order valence-electron chi connectivity index (χ3n) is 7.70. The van der Waals surface area contributed by atoms with Crippen LogP contribution in [0.5, 0.6) is 11.5 Å². The summed E-state index contributed by atoms with van der Waals surface area (Å²) >= 11 is 8.22. The molecule has 3 aromatic rings. The van der Waals surface area contributed by atoms with Gasteiger partial charge in [0.05, 0.1) is 5.92 Å². The molecule has 0 bridgehead atoms. The van der Waals surface area contributed by atoms with Gasteiger partial charge in [0, 0.05) is 45.4 Å². The molecule has 4 heterocycles. The third kappa shape index (κ3) is 2.89. The molecule has 1 amide bonds. The predicted octanol–water partition coefficient (Wildman–Crippen LogP) is 4.89. The molecule has 3 aromatic carbocycles. The lowest BCUT2D eigenvalue weighted by atomic mass is 9.69. The summed E-state index contributed by atoms with van der Waals surface area (Å²) in [6.07, 6.45) is 0. The Balaban J connectivity index is 1.47. The molecule has 4 aliphatic rings. The van der Waals surface area contributed by atoms with Crippen LogP contribution in [0.25, 0.3) is 0 Å². The monoisotopic (exact) mass is 504 g/mol. The maximum absolute atomic E-state index is 14.5. The maximum atomic E-state index is 14.5. The van der Waals surface area contributed by atoms with Crippen molar-refractivity contribution in [1.29, 1.82) is 0 Å². The fraction of sp³-hybridized carbons (Fsp3) is 0.259. The second-order valence-corrected chi connectivity index (χ2v) is 10.7. The van der Waals surface area contributed by atoms with Gasteiger partial charge in [-0.2, -0.15) is 0 Å². The second-order valence-electron chi connectivity index (χ2n) is 9.29. The molecule has 0 saturated carbocycles. The lowest BCUT2D eigenvalue weighted by Crippen LogP contribution is -2.52. The normalized spacial score (nSPS) is 28.3. The molecule has 6 nitrogen and oxygen atoms in total. The lowest BCUT2D eigenvalue weighted by molar-refractivity contribution is -0.127. The molecule has 0 radical (unpaired) electrons. The zero-order valence-electron chi connectivity index (χ0n) is 18.6. The van der Waals surface area contributed by atoms with Crippen molar-refractivity contribution in [2.24, 2.45) is 5.92 Å². The van der Waals surface area contributed by atoms with Gasteiger partial charge in [0.15, 0.2) is 17.3 Å². The number of nitrogens with zero attached hydrogens (tertiary/aromatic N) is 1. The molecule has 2 saturated heterocycles. The molecule has 0 aromatic heterocycles. The van der Waals surface area contributed by atoms with E-state index in [0.29, 0.717) is 28.0 Å². The first kappa shape index (κ1) is 21.3. The van der Waals surface area contributed by atoms with Gasteiger partial charge in [0.2, 0.25) is 12.7 Å². The van der Waals surface area contributed by atoms with Crippen LogP contribution in [0.3, 0.4) is 0 Å². The van der Waals surface area contributed by atoms with E-state index in [1.807, 2.05) is 48.5 Å². The van der Waals surface area contributed by atoms with E-state index in [-0.39, 0.29) is 30.4 Å². The van der Waals surface area contributed by atoms with Crippen LogP contribution in [0, 0.1) is 5.92 Å². The van der Waals surface area contributed by atoms with E-state index < -0.39 is 11.5 Å². The number of fused-ring (bicyclic) bond motifs is 5. The van der Waals surface area contributed by atoms with Crippen LogP contribution in [0.1, 0.15) is 27.4 Å². The molecule has 0 unspecified atom stereocenters. The molecular weight excluding hydrogens is 484 g/mol. The molecule has 1 N–H and O–H groups in total. The van der Waals surface area contributed by atoms with Gasteiger partial charge in [-0.3, -0.25) is 14.5 Å². The summed E-state index contributed by atoms with van der Waals surface area (Å²) in [5.74, 6) is 1.60. The maximum Gasteiger partial charge on any atom is 0.250 e. The van der Waals surface area contributed by atoms with E-state index in [2.05, 4.69) is 10.2 Å². The highest BCUT2D eigenvalue weighted by atomic mass is 35.5. The van der Waals surface area contributed by atoms with Gasteiger partial charge in [-0.05, 0) is 42.0 Å². The van der Waals surface area contributed by atoms with Gasteiger partial charge in [-0.25, -0.2) is 0 Å². The number of halogens is 1. The molecule has 8 heteroatoms. The number of amides is 1. The Labute approximate surface area is 211 Å². The summed E-state index contributed by atoms with van der Waals surface area (Å²) in [6, 6.07) is 20.7. The number of ketones is 1. The highest BCUT2D eigenvalue weighted by Crippen LogP contribution is 2.61. The zero-order chi connectivity index (χ0) is 23.7. The topological polar surface area (TPSA) is 67.9 Å². The Hall–Kier alpha value is -3.00. The Morgan fingerprint density at radius 1 is 1.06 bits per heavy atom. The number of anilines is 1. The van der Waals surface area contributed by atoms with Crippen LogP contribution in [-0.2, 0) is 10.3 Å².